The number of rotatable bonds is 5. The third kappa shape index (κ3) is 5.27. The van der Waals surface area contributed by atoms with Crippen LogP contribution in [0.15, 0.2) is 16.3 Å². The number of thiophene rings is 1. The average molecular weight is 350 g/mol. The van der Waals surface area contributed by atoms with E-state index in [1.807, 2.05) is 0 Å². The number of nitrogens with one attached hydrogen (secondary N) is 1. The van der Waals surface area contributed by atoms with Crippen molar-refractivity contribution >= 4 is 37.0 Å². The molecule has 0 saturated heterocycles. The Bertz CT molecular complexity index is 589. The zero-order valence-corrected chi connectivity index (χ0v) is 14.4. The molecule has 1 amide bonds. The lowest BCUT2D eigenvalue weighted by molar-refractivity contribution is -0.120. The molecule has 0 bridgehead atoms. The summed E-state index contributed by atoms with van der Waals surface area (Å²) in [6, 6.07) is 3.08. The quantitative estimate of drug-likeness (QED) is 0.830. The molecule has 7 heteroatoms. The highest BCUT2D eigenvalue weighted by molar-refractivity contribution is 8.15. The third-order valence-corrected chi connectivity index (χ3v) is 7.11. The summed E-state index contributed by atoms with van der Waals surface area (Å²) < 4.78 is 22.4. The molecule has 2 rings (SSSR count). The van der Waals surface area contributed by atoms with E-state index in [0.29, 0.717) is 10.8 Å². The van der Waals surface area contributed by atoms with Gasteiger partial charge in [-0.2, -0.15) is 0 Å². The lowest BCUT2D eigenvalue weighted by Gasteiger charge is -2.26. The molecule has 4 nitrogen and oxygen atoms in total. The molecule has 1 heterocycles. The summed E-state index contributed by atoms with van der Waals surface area (Å²) in [7, 11) is 1.57. The molecule has 1 N–H and O–H groups in total. The monoisotopic (exact) mass is 349 g/mol. The number of halogens is 1. The molecule has 0 unspecified atom stereocenters. The summed E-state index contributed by atoms with van der Waals surface area (Å²) in [5, 5.41) is 2.95. The molecular weight excluding hydrogens is 330 g/mol. The minimum atomic E-state index is -3.69. The van der Waals surface area contributed by atoms with Gasteiger partial charge in [-0.1, -0.05) is 19.8 Å². The van der Waals surface area contributed by atoms with Gasteiger partial charge in [0.25, 0.3) is 9.05 Å². The largest absolute Gasteiger partial charge is 0.356 e. The van der Waals surface area contributed by atoms with Gasteiger partial charge in [-0.25, -0.2) is 8.42 Å². The summed E-state index contributed by atoms with van der Waals surface area (Å²) >= 11 is 1.05. The highest BCUT2D eigenvalue weighted by Crippen LogP contribution is 2.28. The Hall–Kier alpha value is -0.590. The molecule has 0 atom stereocenters. The van der Waals surface area contributed by atoms with Crippen LogP contribution in [0.1, 0.15) is 37.5 Å². The summed E-state index contributed by atoms with van der Waals surface area (Å²) in [5.74, 6) is 1.32. The van der Waals surface area contributed by atoms with Gasteiger partial charge in [-0.3, -0.25) is 4.79 Å². The van der Waals surface area contributed by atoms with Gasteiger partial charge in [0.1, 0.15) is 4.21 Å². The molecule has 21 heavy (non-hydrogen) atoms. The van der Waals surface area contributed by atoms with Crippen molar-refractivity contribution < 1.29 is 13.2 Å². The lowest BCUT2D eigenvalue weighted by Crippen LogP contribution is -2.31. The Balaban J connectivity index is 1.78. The molecule has 1 aromatic rings. The van der Waals surface area contributed by atoms with E-state index in [1.165, 1.54) is 31.7 Å². The second kappa shape index (κ2) is 7.11. The maximum Gasteiger partial charge on any atom is 0.270 e. The highest BCUT2D eigenvalue weighted by Gasteiger charge is 2.19. The second-order valence-corrected chi connectivity index (χ2v) is 9.73. The molecule has 0 spiro atoms. The van der Waals surface area contributed by atoms with Crippen molar-refractivity contribution in [1.82, 2.24) is 5.32 Å². The van der Waals surface area contributed by atoms with Crippen LogP contribution in [0.3, 0.4) is 0 Å². The third-order valence-electron chi connectivity index (χ3n) is 3.94. The molecule has 118 valence electrons. The fraction of sp³-hybridized carbons (Fsp3) is 0.643. The Morgan fingerprint density at radius 1 is 1.33 bits per heavy atom. The van der Waals surface area contributed by atoms with Gasteiger partial charge in [-0.05, 0) is 36.8 Å². The van der Waals surface area contributed by atoms with Crippen molar-refractivity contribution in [3.63, 3.8) is 0 Å². The van der Waals surface area contributed by atoms with Crippen LogP contribution in [0.5, 0.6) is 0 Å². The molecule has 0 aromatic carbocycles. The van der Waals surface area contributed by atoms with E-state index in [1.54, 1.807) is 6.07 Å². The maximum atomic E-state index is 11.9. The number of amides is 1. The number of hydrogen-bond acceptors (Lipinski definition) is 4. The predicted molar refractivity (Wildman–Crippen MR) is 85.2 cm³/mol. The van der Waals surface area contributed by atoms with E-state index in [9.17, 15) is 13.2 Å². The summed E-state index contributed by atoms with van der Waals surface area (Å²) in [5.41, 5.74) is 0. The highest BCUT2D eigenvalue weighted by atomic mass is 35.7. The summed E-state index contributed by atoms with van der Waals surface area (Å²) in [4.78, 5) is 12.6. The van der Waals surface area contributed by atoms with Crippen LogP contribution in [0.25, 0.3) is 0 Å². The van der Waals surface area contributed by atoms with Gasteiger partial charge in [-0.15, -0.1) is 11.3 Å². The van der Waals surface area contributed by atoms with Crippen molar-refractivity contribution in [1.29, 1.82) is 0 Å². The van der Waals surface area contributed by atoms with Gasteiger partial charge >= 0.3 is 0 Å². The van der Waals surface area contributed by atoms with E-state index >= 15 is 0 Å². The van der Waals surface area contributed by atoms with Crippen LogP contribution in [0, 0.1) is 11.8 Å². The fourth-order valence-corrected chi connectivity index (χ4v) is 4.72. The van der Waals surface area contributed by atoms with Crippen LogP contribution < -0.4 is 5.32 Å². The number of carbonyl (C=O) groups is 1. The van der Waals surface area contributed by atoms with E-state index in [4.69, 9.17) is 10.7 Å². The van der Waals surface area contributed by atoms with Crippen molar-refractivity contribution in [2.75, 3.05) is 6.54 Å². The van der Waals surface area contributed by atoms with E-state index in [2.05, 4.69) is 12.2 Å². The maximum absolute atomic E-state index is 11.9. The zero-order valence-electron chi connectivity index (χ0n) is 12.0. The summed E-state index contributed by atoms with van der Waals surface area (Å²) in [6.07, 6.45) is 5.04. The SMILES string of the molecule is CC1CCC(CNC(=O)Cc2ccc(S(=O)(=O)Cl)s2)CC1. The first-order valence-electron chi connectivity index (χ1n) is 7.14. The van der Waals surface area contributed by atoms with Crippen LogP contribution in [-0.4, -0.2) is 20.9 Å². The Morgan fingerprint density at radius 2 is 2.00 bits per heavy atom. The van der Waals surface area contributed by atoms with Gasteiger partial charge in [0.15, 0.2) is 0 Å². The summed E-state index contributed by atoms with van der Waals surface area (Å²) in [6.45, 7) is 2.99. The van der Waals surface area contributed by atoms with Gasteiger partial charge < -0.3 is 5.32 Å². The van der Waals surface area contributed by atoms with Crippen molar-refractivity contribution in [2.45, 2.75) is 43.2 Å². The van der Waals surface area contributed by atoms with Crippen molar-refractivity contribution in [3.05, 3.63) is 17.0 Å². The van der Waals surface area contributed by atoms with Crippen LogP contribution in [-0.2, 0) is 20.3 Å². The van der Waals surface area contributed by atoms with E-state index in [0.717, 1.165) is 23.8 Å². The molecule has 1 saturated carbocycles. The van der Waals surface area contributed by atoms with Crippen molar-refractivity contribution in [3.8, 4) is 0 Å². The minimum Gasteiger partial charge on any atom is -0.356 e. The standard InChI is InChI=1S/C14H20ClNO3S2/c1-10-2-4-11(5-3-10)9-16-13(17)8-12-6-7-14(20-12)21(15,18)19/h6-7,10-11H,2-5,8-9H2,1H3,(H,16,17). The Kier molecular flexibility index (Phi) is 5.68. The average Bonchev–Trinajstić information content (AvgIpc) is 2.86. The normalized spacial score (nSPS) is 23.0. The molecular formula is C14H20ClNO3S2. The van der Waals surface area contributed by atoms with Crippen molar-refractivity contribution in [2.24, 2.45) is 11.8 Å². The van der Waals surface area contributed by atoms with Gasteiger partial charge in [0.05, 0.1) is 6.42 Å². The first-order chi connectivity index (χ1) is 9.84. The van der Waals surface area contributed by atoms with Crippen LogP contribution in [0.4, 0.5) is 0 Å². The number of carbonyl (C=O) groups excluding carboxylic acids is 1. The van der Waals surface area contributed by atoms with Crippen LogP contribution >= 0.6 is 22.0 Å². The molecule has 1 aliphatic carbocycles. The van der Waals surface area contributed by atoms with Gasteiger partial charge in [0.2, 0.25) is 5.91 Å². The fourth-order valence-electron chi connectivity index (χ4n) is 2.60. The smallest absolute Gasteiger partial charge is 0.270 e. The first-order valence-corrected chi connectivity index (χ1v) is 10.3. The van der Waals surface area contributed by atoms with E-state index in [-0.39, 0.29) is 16.5 Å². The van der Waals surface area contributed by atoms with Crippen LogP contribution in [0.2, 0.25) is 0 Å². The molecule has 0 aliphatic heterocycles. The van der Waals surface area contributed by atoms with E-state index < -0.39 is 9.05 Å². The minimum absolute atomic E-state index is 0.0611. The Morgan fingerprint density at radius 3 is 2.57 bits per heavy atom. The molecule has 1 aliphatic rings. The van der Waals surface area contributed by atoms with Gasteiger partial charge in [0, 0.05) is 22.1 Å². The zero-order chi connectivity index (χ0) is 15.5. The molecule has 1 aromatic heterocycles. The molecule has 1 fully saturated rings. The molecule has 0 radical (unpaired) electrons. The first kappa shape index (κ1) is 16.8. The lowest BCUT2D eigenvalue weighted by atomic mass is 9.83. The Labute approximate surface area is 134 Å². The topological polar surface area (TPSA) is 63.2 Å². The second-order valence-electron chi connectivity index (χ2n) is 5.77. The number of hydrogen-bond donors (Lipinski definition) is 1. The predicted octanol–water partition coefficient (Wildman–Crippen LogP) is 3.16.